The molecule has 1 heterocycles. The zero-order chi connectivity index (χ0) is 14.4. The number of hydrogen-bond donors (Lipinski definition) is 1. The van der Waals surface area contributed by atoms with Crippen molar-refractivity contribution in [3.8, 4) is 17.1 Å². The molecule has 0 bridgehead atoms. The van der Waals surface area contributed by atoms with Gasteiger partial charge in [-0.2, -0.15) is 0 Å². The Kier molecular flexibility index (Phi) is 2.83. The molecule has 6 heteroatoms. The van der Waals surface area contributed by atoms with Crippen LogP contribution >= 0.6 is 0 Å². The van der Waals surface area contributed by atoms with E-state index < -0.39 is 0 Å². The highest BCUT2D eigenvalue weighted by atomic mass is 16.5. The summed E-state index contributed by atoms with van der Waals surface area (Å²) >= 11 is 0. The van der Waals surface area contributed by atoms with Gasteiger partial charge in [0.05, 0.1) is 18.7 Å². The van der Waals surface area contributed by atoms with Gasteiger partial charge in [0.15, 0.2) is 5.82 Å². The maximum absolute atomic E-state index is 6.15. The molecular formula is C15H19N5O. The van der Waals surface area contributed by atoms with Crippen LogP contribution in [0.3, 0.4) is 0 Å². The molecule has 21 heavy (non-hydrogen) atoms. The van der Waals surface area contributed by atoms with Gasteiger partial charge in [0.1, 0.15) is 5.75 Å². The number of nitrogen functional groups attached to an aromatic ring is 1. The van der Waals surface area contributed by atoms with E-state index in [1.807, 2.05) is 22.9 Å². The predicted molar refractivity (Wildman–Crippen MR) is 78.7 cm³/mol. The monoisotopic (exact) mass is 285 g/mol. The Morgan fingerprint density at radius 2 is 1.95 bits per heavy atom. The van der Waals surface area contributed by atoms with Crippen molar-refractivity contribution in [2.45, 2.75) is 31.7 Å². The highest BCUT2D eigenvalue weighted by Crippen LogP contribution is 2.52. The van der Waals surface area contributed by atoms with Crippen LogP contribution in [0.1, 0.15) is 31.7 Å². The summed E-state index contributed by atoms with van der Waals surface area (Å²) in [6.45, 7) is 0. The van der Waals surface area contributed by atoms with E-state index in [0.717, 1.165) is 29.0 Å². The van der Waals surface area contributed by atoms with Gasteiger partial charge in [0, 0.05) is 5.69 Å². The van der Waals surface area contributed by atoms with Crippen LogP contribution in [0.5, 0.6) is 5.75 Å². The number of nitrogens with zero attached hydrogens (tertiary/aromatic N) is 4. The van der Waals surface area contributed by atoms with E-state index in [1.54, 1.807) is 7.11 Å². The fourth-order valence-electron chi connectivity index (χ4n) is 3.18. The molecule has 0 saturated heterocycles. The van der Waals surface area contributed by atoms with Gasteiger partial charge in [0.2, 0.25) is 0 Å². The summed E-state index contributed by atoms with van der Waals surface area (Å²) in [5, 5.41) is 12.4. The largest absolute Gasteiger partial charge is 0.496 e. The number of ether oxygens (including phenoxy) is 1. The van der Waals surface area contributed by atoms with Gasteiger partial charge in [0.25, 0.3) is 0 Å². The third kappa shape index (κ3) is 2.14. The Morgan fingerprint density at radius 1 is 1.24 bits per heavy atom. The molecule has 1 aromatic heterocycles. The molecule has 0 spiro atoms. The standard InChI is InChI=1S/C15H19N5O/c1-21-12-4-2-3-11(16)13(12)15-17-18-19-20(15)14(9-5-6-9)10-7-8-10/h2-4,9-10,14H,5-8,16H2,1H3. The quantitative estimate of drug-likeness (QED) is 0.853. The van der Waals surface area contributed by atoms with Crippen molar-refractivity contribution in [2.24, 2.45) is 11.8 Å². The van der Waals surface area contributed by atoms with Crippen LogP contribution in [0.4, 0.5) is 5.69 Å². The lowest BCUT2D eigenvalue weighted by Gasteiger charge is -2.18. The van der Waals surface area contributed by atoms with Crippen molar-refractivity contribution in [1.82, 2.24) is 20.2 Å². The minimum atomic E-state index is 0.416. The number of benzene rings is 1. The van der Waals surface area contributed by atoms with Crippen molar-refractivity contribution in [2.75, 3.05) is 12.8 Å². The Bertz CT molecular complexity index is 648. The van der Waals surface area contributed by atoms with E-state index in [4.69, 9.17) is 10.5 Å². The first-order chi connectivity index (χ1) is 10.3. The molecule has 2 saturated carbocycles. The molecule has 4 rings (SSSR count). The molecule has 0 aliphatic heterocycles. The van der Waals surface area contributed by atoms with Gasteiger partial charge < -0.3 is 10.5 Å². The summed E-state index contributed by atoms with van der Waals surface area (Å²) in [4.78, 5) is 0. The average Bonchev–Trinajstić information content (AvgIpc) is 3.40. The lowest BCUT2D eigenvalue weighted by atomic mass is 10.1. The van der Waals surface area contributed by atoms with Gasteiger partial charge in [-0.1, -0.05) is 6.07 Å². The van der Waals surface area contributed by atoms with Crippen LogP contribution < -0.4 is 10.5 Å². The smallest absolute Gasteiger partial charge is 0.188 e. The van der Waals surface area contributed by atoms with E-state index in [1.165, 1.54) is 25.7 Å². The molecule has 0 radical (unpaired) electrons. The van der Waals surface area contributed by atoms with Crippen molar-refractivity contribution < 1.29 is 4.74 Å². The van der Waals surface area contributed by atoms with Crippen LogP contribution in [0, 0.1) is 11.8 Å². The second-order valence-corrected chi connectivity index (χ2v) is 6.04. The number of anilines is 1. The van der Waals surface area contributed by atoms with Gasteiger partial charge in [-0.15, -0.1) is 5.10 Å². The molecule has 6 nitrogen and oxygen atoms in total. The topological polar surface area (TPSA) is 78.8 Å². The number of rotatable bonds is 5. The second-order valence-electron chi connectivity index (χ2n) is 6.04. The molecule has 2 N–H and O–H groups in total. The van der Waals surface area contributed by atoms with Gasteiger partial charge in [-0.05, 0) is 60.1 Å². The molecule has 0 unspecified atom stereocenters. The van der Waals surface area contributed by atoms with Crippen LogP contribution in [0.2, 0.25) is 0 Å². The zero-order valence-electron chi connectivity index (χ0n) is 12.1. The Morgan fingerprint density at radius 3 is 2.57 bits per heavy atom. The fourth-order valence-corrected chi connectivity index (χ4v) is 3.18. The lowest BCUT2D eigenvalue weighted by molar-refractivity contribution is 0.356. The maximum atomic E-state index is 6.15. The summed E-state index contributed by atoms with van der Waals surface area (Å²) < 4.78 is 7.44. The third-order valence-corrected chi connectivity index (χ3v) is 4.49. The van der Waals surface area contributed by atoms with Crippen molar-refractivity contribution in [1.29, 1.82) is 0 Å². The van der Waals surface area contributed by atoms with E-state index in [0.29, 0.717) is 11.7 Å². The average molecular weight is 285 g/mol. The lowest BCUT2D eigenvalue weighted by Crippen LogP contribution is -2.17. The number of methoxy groups -OCH3 is 1. The SMILES string of the molecule is COc1cccc(N)c1-c1nnnn1C(C1CC1)C1CC1. The minimum Gasteiger partial charge on any atom is -0.496 e. The first kappa shape index (κ1) is 12.6. The first-order valence-corrected chi connectivity index (χ1v) is 7.50. The Hall–Kier alpha value is -2.11. The van der Waals surface area contributed by atoms with Gasteiger partial charge in [-0.3, -0.25) is 0 Å². The third-order valence-electron chi connectivity index (χ3n) is 4.49. The molecule has 2 aromatic rings. The molecule has 2 aliphatic carbocycles. The number of tetrazole rings is 1. The number of aromatic nitrogens is 4. The predicted octanol–water partition coefficient (Wildman–Crippen LogP) is 2.29. The van der Waals surface area contributed by atoms with Crippen LogP contribution in [0.15, 0.2) is 18.2 Å². The molecular weight excluding hydrogens is 266 g/mol. The number of hydrogen-bond acceptors (Lipinski definition) is 5. The summed E-state index contributed by atoms with van der Waals surface area (Å²) in [6, 6.07) is 6.05. The molecule has 1 aromatic carbocycles. The minimum absolute atomic E-state index is 0.416. The van der Waals surface area contributed by atoms with Crippen molar-refractivity contribution in [3.63, 3.8) is 0 Å². The van der Waals surface area contributed by atoms with E-state index in [-0.39, 0.29) is 0 Å². The molecule has 2 fully saturated rings. The molecule has 0 atom stereocenters. The highest BCUT2D eigenvalue weighted by molar-refractivity contribution is 5.77. The molecule has 0 amide bonds. The van der Waals surface area contributed by atoms with Crippen LogP contribution in [0.25, 0.3) is 11.4 Å². The first-order valence-electron chi connectivity index (χ1n) is 7.50. The van der Waals surface area contributed by atoms with Crippen LogP contribution in [-0.4, -0.2) is 27.3 Å². The summed E-state index contributed by atoms with van der Waals surface area (Å²) in [6.07, 6.45) is 5.12. The van der Waals surface area contributed by atoms with Crippen molar-refractivity contribution in [3.05, 3.63) is 18.2 Å². The van der Waals surface area contributed by atoms with E-state index in [9.17, 15) is 0 Å². The van der Waals surface area contributed by atoms with E-state index in [2.05, 4.69) is 15.5 Å². The summed E-state index contributed by atoms with van der Waals surface area (Å²) in [7, 11) is 1.64. The van der Waals surface area contributed by atoms with Crippen LogP contribution in [-0.2, 0) is 0 Å². The maximum Gasteiger partial charge on any atom is 0.188 e. The van der Waals surface area contributed by atoms with Crippen molar-refractivity contribution >= 4 is 5.69 Å². The summed E-state index contributed by atoms with van der Waals surface area (Å²) in [5.74, 6) is 2.89. The van der Waals surface area contributed by atoms with E-state index >= 15 is 0 Å². The number of nitrogens with two attached hydrogens (primary N) is 1. The van der Waals surface area contributed by atoms with Gasteiger partial charge in [-0.25, -0.2) is 4.68 Å². The highest BCUT2D eigenvalue weighted by Gasteiger charge is 2.44. The normalized spacial score (nSPS) is 18.2. The second kappa shape index (κ2) is 4.72. The zero-order valence-corrected chi connectivity index (χ0v) is 12.1. The fraction of sp³-hybridized carbons (Fsp3) is 0.533. The Labute approximate surface area is 123 Å². The Balaban J connectivity index is 1.82. The summed E-state index contributed by atoms with van der Waals surface area (Å²) in [5.41, 5.74) is 7.60. The molecule has 2 aliphatic rings. The van der Waals surface area contributed by atoms with Gasteiger partial charge >= 0.3 is 0 Å². The molecule has 110 valence electrons.